The van der Waals surface area contributed by atoms with Crippen LogP contribution in [-0.2, 0) is 16.4 Å². The molecule has 0 saturated heterocycles. The number of ether oxygens (including phenoxy) is 1. The van der Waals surface area contributed by atoms with E-state index in [1.54, 1.807) is 14.2 Å². The minimum Gasteiger partial charge on any atom is -0.497 e. The van der Waals surface area contributed by atoms with Crippen molar-refractivity contribution >= 4 is 15.8 Å². The number of guanidine groups is 1. The highest BCUT2D eigenvalue weighted by molar-refractivity contribution is 7.90. The van der Waals surface area contributed by atoms with Gasteiger partial charge in [0.15, 0.2) is 5.96 Å². The van der Waals surface area contributed by atoms with Crippen molar-refractivity contribution in [3.8, 4) is 5.75 Å². The number of nitrogens with zero attached hydrogens (tertiary/aromatic N) is 2. The van der Waals surface area contributed by atoms with Crippen molar-refractivity contribution in [1.82, 2.24) is 10.2 Å². The lowest BCUT2D eigenvalue weighted by atomic mass is 9.90. The van der Waals surface area contributed by atoms with Gasteiger partial charge >= 0.3 is 0 Å². The molecular weight excluding hydrogens is 338 g/mol. The molecule has 0 bridgehead atoms. The normalized spacial score (nSPS) is 12.8. The number of aliphatic imine (C=N–C) groups is 1. The lowest BCUT2D eigenvalue weighted by Gasteiger charge is -2.28. The van der Waals surface area contributed by atoms with Gasteiger partial charge in [-0.15, -0.1) is 0 Å². The van der Waals surface area contributed by atoms with Crippen LogP contribution in [0, 0.1) is 5.41 Å². The molecule has 0 aromatic heterocycles. The molecule has 0 unspecified atom stereocenters. The third kappa shape index (κ3) is 8.25. The molecule has 1 aromatic rings. The minimum absolute atomic E-state index is 0.139. The monoisotopic (exact) mass is 369 g/mol. The van der Waals surface area contributed by atoms with E-state index in [1.165, 1.54) is 6.26 Å². The summed E-state index contributed by atoms with van der Waals surface area (Å²) < 4.78 is 27.9. The van der Waals surface area contributed by atoms with E-state index < -0.39 is 9.84 Å². The van der Waals surface area contributed by atoms with E-state index in [0.29, 0.717) is 19.5 Å². The number of nitrogens with one attached hydrogen (secondary N) is 1. The third-order valence-corrected chi connectivity index (χ3v) is 4.97. The van der Waals surface area contributed by atoms with Gasteiger partial charge in [0.05, 0.1) is 12.9 Å². The van der Waals surface area contributed by atoms with Crippen molar-refractivity contribution in [1.29, 1.82) is 0 Å². The lowest BCUT2D eigenvalue weighted by molar-refractivity contribution is 0.340. The number of hydrogen-bond acceptors (Lipinski definition) is 4. The largest absolute Gasteiger partial charge is 0.497 e. The lowest BCUT2D eigenvalue weighted by Crippen LogP contribution is -2.43. The zero-order chi connectivity index (χ0) is 19.1. The van der Waals surface area contributed by atoms with Gasteiger partial charge < -0.3 is 15.0 Å². The van der Waals surface area contributed by atoms with Crippen LogP contribution in [0.25, 0.3) is 0 Å². The molecular formula is C18H31N3O3S. The second-order valence-electron chi connectivity index (χ2n) is 7.15. The Morgan fingerprint density at radius 1 is 1.28 bits per heavy atom. The van der Waals surface area contributed by atoms with E-state index in [1.807, 2.05) is 36.2 Å². The maximum atomic E-state index is 11.4. The Hall–Kier alpha value is -1.76. The van der Waals surface area contributed by atoms with Gasteiger partial charge in [0.1, 0.15) is 15.6 Å². The van der Waals surface area contributed by atoms with Crippen LogP contribution < -0.4 is 10.1 Å². The summed E-state index contributed by atoms with van der Waals surface area (Å²) in [7, 11) is 2.43. The van der Waals surface area contributed by atoms with Crippen molar-refractivity contribution in [3.63, 3.8) is 0 Å². The molecule has 142 valence electrons. The first-order chi connectivity index (χ1) is 11.6. The van der Waals surface area contributed by atoms with E-state index in [0.717, 1.165) is 17.3 Å². The van der Waals surface area contributed by atoms with Gasteiger partial charge in [-0.2, -0.15) is 0 Å². The maximum Gasteiger partial charge on any atom is 0.193 e. The van der Waals surface area contributed by atoms with Crippen LogP contribution in [0.3, 0.4) is 0 Å². The summed E-state index contributed by atoms with van der Waals surface area (Å²) in [5.74, 6) is 1.81. The van der Waals surface area contributed by atoms with Crippen molar-refractivity contribution in [2.45, 2.75) is 26.8 Å². The Morgan fingerprint density at radius 2 is 1.88 bits per heavy atom. The molecule has 1 N–H and O–H groups in total. The summed E-state index contributed by atoms with van der Waals surface area (Å²) >= 11 is 0. The molecule has 0 heterocycles. The molecule has 0 fully saturated rings. The quantitative estimate of drug-likeness (QED) is 0.562. The van der Waals surface area contributed by atoms with Gasteiger partial charge in [-0.25, -0.2) is 8.42 Å². The van der Waals surface area contributed by atoms with E-state index in [4.69, 9.17) is 4.74 Å². The summed E-state index contributed by atoms with van der Waals surface area (Å²) in [5.41, 5.74) is 1.02. The molecule has 0 atom stereocenters. The Labute approximate surface area is 152 Å². The van der Waals surface area contributed by atoms with Gasteiger partial charge in [0.2, 0.25) is 0 Å². The Bertz CT molecular complexity index is 667. The predicted molar refractivity (Wildman–Crippen MR) is 104 cm³/mol. The zero-order valence-electron chi connectivity index (χ0n) is 16.2. The van der Waals surface area contributed by atoms with Crippen molar-refractivity contribution in [3.05, 3.63) is 29.8 Å². The average Bonchev–Trinajstić information content (AvgIpc) is 2.54. The van der Waals surface area contributed by atoms with Crippen molar-refractivity contribution in [2.24, 2.45) is 10.4 Å². The molecule has 0 radical (unpaired) electrons. The average molecular weight is 370 g/mol. The summed E-state index contributed by atoms with van der Waals surface area (Å²) in [6.07, 6.45) is 1.89. The second-order valence-corrected chi connectivity index (χ2v) is 9.41. The zero-order valence-corrected chi connectivity index (χ0v) is 17.0. The number of sulfone groups is 1. The number of hydrogen-bond donors (Lipinski definition) is 1. The van der Waals surface area contributed by atoms with E-state index in [-0.39, 0.29) is 11.2 Å². The summed E-state index contributed by atoms with van der Waals surface area (Å²) in [6.45, 7) is 5.49. The van der Waals surface area contributed by atoms with Crippen LogP contribution in [0.5, 0.6) is 5.75 Å². The third-order valence-electron chi connectivity index (χ3n) is 4.03. The molecule has 7 heteroatoms. The Morgan fingerprint density at radius 3 is 2.36 bits per heavy atom. The van der Waals surface area contributed by atoms with E-state index in [2.05, 4.69) is 24.2 Å². The highest BCUT2D eigenvalue weighted by Gasteiger charge is 2.21. The van der Waals surface area contributed by atoms with Gasteiger partial charge in [-0.1, -0.05) is 26.0 Å². The molecule has 25 heavy (non-hydrogen) atoms. The number of methoxy groups -OCH3 is 1. The fourth-order valence-corrected chi connectivity index (χ4v) is 3.26. The van der Waals surface area contributed by atoms with Crippen molar-refractivity contribution < 1.29 is 13.2 Å². The first-order valence-electron chi connectivity index (χ1n) is 8.29. The highest BCUT2D eigenvalue weighted by atomic mass is 32.2. The molecule has 0 spiro atoms. The molecule has 0 aliphatic rings. The van der Waals surface area contributed by atoms with Gasteiger partial charge in [-0.3, -0.25) is 4.99 Å². The second kappa shape index (κ2) is 9.08. The van der Waals surface area contributed by atoms with Gasteiger partial charge in [0, 0.05) is 33.4 Å². The molecule has 0 aliphatic heterocycles. The van der Waals surface area contributed by atoms with E-state index >= 15 is 0 Å². The van der Waals surface area contributed by atoms with Crippen LogP contribution >= 0.6 is 0 Å². The molecule has 1 rings (SSSR count). The fourth-order valence-electron chi connectivity index (χ4n) is 2.33. The van der Waals surface area contributed by atoms with E-state index in [9.17, 15) is 8.42 Å². The van der Waals surface area contributed by atoms with Crippen LogP contribution in [0.4, 0.5) is 0 Å². The molecule has 0 aliphatic carbocycles. The SMILES string of the molecule is CN=C(NCC(C)(C)CCS(C)(=O)=O)N(C)Cc1ccc(OC)cc1. The Balaban J connectivity index is 2.59. The van der Waals surface area contributed by atoms with Gasteiger partial charge in [-0.05, 0) is 29.5 Å². The van der Waals surface area contributed by atoms with Crippen LogP contribution in [0.15, 0.2) is 29.3 Å². The predicted octanol–water partition coefficient (Wildman–Crippen LogP) is 2.16. The molecule has 0 amide bonds. The molecule has 6 nitrogen and oxygen atoms in total. The minimum atomic E-state index is -2.94. The van der Waals surface area contributed by atoms with Crippen LogP contribution in [0.2, 0.25) is 0 Å². The van der Waals surface area contributed by atoms with Crippen LogP contribution in [0.1, 0.15) is 25.8 Å². The molecule has 0 saturated carbocycles. The van der Waals surface area contributed by atoms with Crippen molar-refractivity contribution in [2.75, 3.05) is 39.8 Å². The van der Waals surface area contributed by atoms with Gasteiger partial charge in [0.25, 0.3) is 0 Å². The summed E-state index contributed by atoms with van der Waals surface area (Å²) in [5, 5.41) is 3.34. The fraction of sp³-hybridized carbons (Fsp3) is 0.611. The highest BCUT2D eigenvalue weighted by Crippen LogP contribution is 2.20. The summed E-state index contributed by atoms with van der Waals surface area (Å²) in [6, 6.07) is 7.93. The number of rotatable bonds is 8. The summed E-state index contributed by atoms with van der Waals surface area (Å²) in [4.78, 5) is 6.35. The maximum absolute atomic E-state index is 11.4. The standard InChI is InChI=1S/C18H31N3O3S/c1-18(2,11-12-25(6,22)23)14-20-17(19-3)21(4)13-15-7-9-16(24-5)10-8-15/h7-10H,11-14H2,1-6H3,(H,19,20). The Kier molecular flexibility index (Phi) is 7.73. The first kappa shape index (κ1) is 21.3. The molecule has 1 aromatic carbocycles. The first-order valence-corrected chi connectivity index (χ1v) is 10.3. The topological polar surface area (TPSA) is 71.0 Å². The smallest absolute Gasteiger partial charge is 0.193 e. The number of benzene rings is 1. The van der Waals surface area contributed by atoms with Crippen LogP contribution in [-0.4, -0.2) is 59.0 Å².